The zero-order chi connectivity index (χ0) is 13.8. The number of benzene rings is 1. The van der Waals surface area contributed by atoms with Gasteiger partial charge in [-0.15, -0.1) is 11.3 Å². The van der Waals surface area contributed by atoms with Gasteiger partial charge in [0.15, 0.2) is 0 Å². The van der Waals surface area contributed by atoms with Crippen molar-refractivity contribution in [2.75, 3.05) is 5.32 Å². The van der Waals surface area contributed by atoms with Gasteiger partial charge < -0.3 is 5.32 Å². The third kappa shape index (κ3) is 2.67. The van der Waals surface area contributed by atoms with Gasteiger partial charge in [0.2, 0.25) is 0 Å². The van der Waals surface area contributed by atoms with Crippen molar-refractivity contribution in [3.8, 4) is 6.07 Å². The SMILES string of the molecule is CCc1ccsc1C(=O)Nc1cccc(C)c1C#N. The van der Waals surface area contributed by atoms with Crippen molar-refractivity contribution in [2.45, 2.75) is 20.3 Å². The maximum atomic E-state index is 12.2. The second kappa shape index (κ2) is 5.68. The molecule has 1 heterocycles. The molecule has 0 unspecified atom stereocenters. The molecule has 2 rings (SSSR count). The quantitative estimate of drug-likeness (QED) is 0.923. The molecule has 0 aliphatic carbocycles. The summed E-state index contributed by atoms with van der Waals surface area (Å²) in [6.07, 6.45) is 0.825. The maximum absolute atomic E-state index is 12.2. The second-order valence-corrected chi connectivity index (χ2v) is 5.11. The molecule has 96 valence electrons. The van der Waals surface area contributed by atoms with Gasteiger partial charge in [-0.25, -0.2) is 0 Å². The second-order valence-electron chi connectivity index (χ2n) is 4.19. The monoisotopic (exact) mass is 270 g/mol. The summed E-state index contributed by atoms with van der Waals surface area (Å²) in [4.78, 5) is 12.9. The average Bonchev–Trinajstić information content (AvgIpc) is 2.87. The standard InChI is InChI=1S/C15H14N2OS/c1-3-11-7-8-19-14(11)15(18)17-13-6-4-5-10(2)12(13)9-16/h4-8H,3H2,1-2H3,(H,17,18). The average molecular weight is 270 g/mol. The number of nitrogens with one attached hydrogen (secondary N) is 1. The first-order valence-electron chi connectivity index (χ1n) is 6.04. The molecule has 0 atom stereocenters. The van der Waals surface area contributed by atoms with Crippen LogP contribution in [0.3, 0.4) is 0 Å². The molecule has 0 fully saturated rings. The predicted molar refractivity (Wildman–Crippen MR) is 77.5 cm³/mol. The van der Waals surface area contributed by atoms with E-state index in [-0.39, 0.29) is 5.91 Å². The Morgan fingerprint density at radius 2 is 2.21 bits per heavy atom. The number of thiophene rings is 1. The van der Waals surface area contributed by atoms with E-state index < -0.39 is 0 Å². The molecule has 0 saturated heterocycles. The van der Waals surface area contributed by atoms with Crippen molar-refractivity contribution in [3.63, 3.8) is 0 Å². The topological polar surface area (TPSA) is 52.9 Å². The zero-order valence-electron chi connectivity index (χ0n) is 10.9. The molecule has 3 nitrogen and oxygen atoms in total. The number of nitrogens with zero attached hydrogens (tertiary/aromatic N) is 1. The van der Waals surface area contributed by atoms with Crippen LogP contribution in [0.4, 0.5) is 5.69 Å². The van der Waals surface area contributed by atoms with Crippen molar-refractivity contribution in [1.82, 2.24) is 0 Å². The van der Waals surface area contributed by atoms with E-state index in [4.69, 9.17) is 5.26 Å². The van der Waals surface area contributed by atoms with Gasteiger partial charge in [0.1, 0.15) is 6.07 Å². The molecule has 0 aliphatic heterocycles. The Kier molecular flexibility index (Phi) is 3.98. The molecule has 1 aromatic heterocycles. The first-order valence-corrected chi connectivity index (χ1v) is 6.92. The minimum absolute atomic E-state index is 0.144. The molecule has 1 N–H and O–H groups in total. The summed E-state index contributed by atoms with van der Waals surface area (Å²) in [6.45, 7) is 3.88. The first kappa shape index (κ1) is 13.3. The van der Waals surface area contributed by atoms with Crippen LogP contribution in [0.5, 0.6) is 0 Å². The fourth-order valence-electron chi connectivity index (χ4n) is 1.91. The highest BCUT2D eigenvalue weighted by molar-refractivity contribution is 7.12. The number of nitriles is 1. The minimum atomic E-state index is -0.144. The molecule has 0 bridgehead atoms. The third-order valence-electron chi connectivity index (χ3n) is 2.97. The molecule has 0 aliphatic rings. The minimum Gasteiger partial charge on any atom is -0.320 e. The van der Waals surface area contributed by atoms with Crippen LogP contribution < -0.4 is 5.32 Å². The molecule has 0 radical (unpaired) electrons. The lowest BCUT2D eigenvalue weighted by Gasteiger charge is -2.08. The molecular formula is C15H14N2OS. The Bertz CT molecular complexity index is 652. The van der Waals surface area contributed by atoms with Gasteiger partial charge in [-0.3, -0.25) is 4.79 Å². The van der Waals surface area contributed by atoms with Gasteiger partial charge in [-0.2, -0.15) is 5.26 Å². The highest BCUT2D eigenvalue weighted by Crippen LogP contribution is 2.22. The van der Waals surface area contributed by atoms with E-state index in [1.54, 1.807) is 6.07 Å². The van der Waals surface area contributed by atoms with E-state index in [1.807, 2.05) is 37.4 Å². The number of rotatable bonds is 3. The van der Waals surface area contributed by atoms with Crippen LogP contribution in [0.2, 0.25) is 0 Å². The van der Waals surface area contributed by atoms with Crippen molar-refractivity contribution in [3.05, 3.63) is 51.2 Å². The van der Waals surface area contributed by atoms with E-state index >= 15 is 0 Å². The molecule has 4 heteroatoms. The Morgan fingerprint density at radius 1 is 1.42 bits per heavy atom. The summed E-state index contributed by atoms with van der Waals surface area (Å²) in [7, 11) is 0. The van der Waals surface area contributed by atoms with Crippen molar-refractivity contribution < 1.29 is 4.79 Å². The normalized spacial score (nSPS) is 9.95. The van der Waals surface area contributed by atoms with E-state index in [1.165, 1.54) is 11.3 Å². The van der Waals surface area contributed by atoms with Crippen molar-refractivity contribution in [2.24, 2.45) is 0 Å². The molecule has 19 heavy (non-hydrogen) atoms. The van der Waals surface area contributed by atoms with Gasteiger partial charge in [0.25, 0.3) is 5.91 Å². The summed E-state index contributed by atoms with van der Waals surface area (Å²) < 4.78 is 0. The summed E-state index contributed by atoms with van der Waals surface area (Å²) in [5.74, 6) is -0.144. The molecule has 0 spiro atoms. The van der Waals surface area contributed by atoms with Crippen LogP contribution in [0.15, 0.2) is 29.6 Å². The number of hydrogen-bond acceptors (Lipinski definition) is 3. The lowest BCUT2D eigenvalue weighted by Crippen LogP contribution is -2.13. The summed E-state index contributed by atoms with van der Waals surface area (Å²) in [5, 5.41) is 13.9. The van der Waals surface area contributed by atoms with E-state index in [0.29, 0.717) is 16.1 Å². The number of hydrogen-bond donors (Lipinski definition) is 1. The van der Waals surface area contributed by atoms with Crippen LogP contribution in [0.1, 0.15) is 33.3 Å². The van der Waals surface area contributed by atoms with E-state index in [0.717, 1.165) is 17.5 Å². The molecule has 2 aromatic rings. The van der Waals surface area contributed by atoms with Gasteiger partial charge >= 0.3 is 0 Å². The Hall–Kier alpha value is -2.12. The zero-order valence-corrected chi connectivity index (χ0v) is 11.7. The summed E-state index contributed by atoms with van der Waals surface area (Å²) in [5.41, 5.74) is 2.99. The van der Waals surface area contributed by atoms with Gasteiger partial charge in [-0.05, 0) is 42.0 Å². The van der Waals surface area contributed by atoms with E-state index in [2.05, 4.69) is 11.4 Å². The lowest BCUT2D eigenvalue weighted by molar-refractivity contribution is 0.103. The Morgan fingerprint density at radius 3 is 2.89 bits per heavy atom. The van der Waals surface area contributed by atoms with Gasteiger partial charge in [-0.1, -0.05) is 19.1 Å². The fraction of sp³-hybridized carbons (Fsp3) is 0.200. The number of aryl methyl sites for hydroxylation is 2. The van der Waals surface area contributed by atoms with Crippen LogP contribution in [0.25, 0.3) is 0 Å². The summed E-state index contributed by atoms with van der Waals surface area (Å²) in [6, 6.07) is 9.54. The molecule has 1 aromatic carbocycles. The highest BCUT2D eigenvalue weighted by Gasteiger charge is 2.14. The van der Waals surface area contributed by atoms with Gasteiger partial charge in [0.05, 0.1) is 16.1 Å². The Labute approximate surface area is 116 Å². The largest absolute Gasteiger partial charge is 0.320 e. The molecule has 0 saturated carbocycles. The number of anilines is 1. The Balaban J connectivity index is 2.30. The van der Waals surface area contributed by atoms with E-state index in [9.17, 15) is 4.79 Å². The molecule has 1 amide bonds. The maximum Gasteiger partial charge on any atom is 0.266 e. The fourth-order valence-corrected chi connectivity index (χ4v) is 2.80. The van der Waals surface area contributed by atoms with Crippen LogP contribution in [-0.2, 0) is 6.42 Å². The summed E-state index contributed by atoms with van der Waals surface area (Å²) >= 11 is 1.42. The van der Waals surface area contributed by atoms with Crippen molar-refractivity contribution in [1.29, 1.82) is 5.26 Å². The van der Waals surface area contributed by atoms with Crippen LogP contribution >= 0.6 is 11.3 Å². The third-order valence-corrected chi connectivity index (χ3v) is 3.92. The number of carbonyl (C=O) groups excluding carboxylic acids is 1. The lowest BCUT2D eigenvalue weighted by atomic mass is 10.1. The molecular weight excluding hydrogens is 256 g/mol. The highest BCUT2D eigenvalue weighted by atomic mass is 32.1. The van der Waals surface area contributed by atoms with Crippen molar-refractivity contribution >= 4 is 22.9 Å². The predicted octanol–water partition coefficient (Wildman–Crippen LogP) is 3.74. The smallest absolute Gasteiger partial charge is 0.266 e. The van der Waals surface area contributed by atoms with Crippen LogP contribution in [0, 0.1) is 18.3 Å². The number of carbonyl (C=O) groups is 1. The van der Waals surface area contributed by atoms with Gasteiger partial charge in [0, 0.05) is 0 Å². The number of amides is 1. The first-order chi connectivity index (χ1) is 9.17. The van der Waals surface area contributed by atoms with Crippen LogP contribution in [-0.4, -0.2) is 5.91 Å².